The Morgan fingerprint density at radius 2 is 2.17 bits per heavy atom. The highest BCUT2D eigenvalue weighted by atomic mass is 32.2. The summed E-state index contributed by atoms with van der Waals surface area (Å²) in [7, 11) is -3.26. The van der Waals surface area contributed by atoms with Gasteiger partial charge >= 0.3 is 0 Å². The number of aromatic nitrogens is 2. The third-order valence-electron chi connectivity index (χ3n) is 3.80. The molecule has 0 saturated carbocycles. The molecule has 0 radical (unpaired) electrons. The Balaban J connectivity index is 1.67. The van der Waals surface area contributed by atoms with Crippen LogP contribution in [0.1, 0.15) is 10.4 Å². The lowest BCUT2D eigenvalue weighted by Crippen LogP contribution is -2.49. The predicted octanol–water partition coefficient (Wildman–Crippen LogP) is 0.0200. The molecule has 2 heterocycles. The molecule has 1 N–H and O–H groups in total. The second-order valence-electron chi connectivity index (χ2n) is 5.55. The Bertz CT molecular complexity index is 850. The molecule has 8 nitrogen and oxygen atoms in total. The van der Waals surface area contributed by atoms with Gasteiger partial charge in [-0.2, -0.15) is 4.31 Å². The lowest BCUT2D eigenvalue weighted by atomic mass is 10.1. The van der Waals surface area contributed by atoms with Crippen LogP contribution in [0.25, 0.3) is 11.0 Å². The average Bonchev–Trinajstić information content (AvgIpc) is 2.58. The Morgan fingerprint density at radius 1 is 1.38 bits per heavy atom. The molecule has 1 atom stereocenters. The zero-order valence-corrected chi connectivity index (χ0v) is 14.0. The lowest BCUT2D eigenvalue weighted by Gasteiger charge is -2.31. The van der Waals surface area contributed by atoms with Crippen molar-refractivity contribution in [2.45, 2.75) is 6.10 Å². The van der Waals surface area contributed by atoms with E-state index in [1.807, 2.05) is 0 Å². The maximum Gasteiger partial charge on any atom is 0.253 e. The van der Waals surface area contributed by atoms with Gasteiger partial charge < -0.3 is 10.1 Å². The van der Waals surface area contributed by atoms with Crippen molar-refractivity contribution in [3.8, 4) is 0 Å². The van der Waals surface area contributed by atoms with Crippen molar-refractivity contribution in [3.63, 3.8) is 0 Å². The number of benzene rings is 1. The van der Waals surface area contributed by atoms with Crippen LogP contribution in [-0.2, 0) is 14.8 Å². The molecule has 0 spiro atoms. The van der Waals surface area contributed by atoms with Gasteiger partial charge in [0.15, 0.2) is 0 Å². The van der Waals surface area contributed by atoms with Gasteiger partial charge in [0.05, 0.1) is 30.0 Å². The molecule has 1 amide bonds. The minimum atomic E-state index is -3.26. The number of para-hydroxylation sites is 1. The van der Waals surface area contributed by atoms with Crippen molar-refractivity contribution in [2.24, 2.45) is 0 Å². The molecule has 1 fully saturated rings. The average molecular weight is 350 g/mol. The summed E-state index contributed by atoms with van der Waals surface area (Å²) in [5, 5.41) is 2.78. The van der Waals surface area contributed by atoms with Crippen LogP contribution in [0.3, 0.4) is 0 Å². The molecule has 1 saturated heterocycles. The van der Waals surface area contributed by atoms with Gasteiger partial charge in [-0.15, -0.1) is 0 Å². The van der Waals surface area contributed by atoms with Gasteiger partial charge in [-0.3, -0.25) is 14.8 Å². The number of nitrogens with zero attached hydrogens (tertiary/aromatic N) is 3. The number of fused-ring (bicyclic) bond motifs is 1. The number of hydrogen-bond donors (Lipinski definition) is 1. The normalized spacial score (nSPS) is 19.3. The highest BCUT2D eigenvalue weighted by Gasteiger charge is 2.26. The van der Waals surface area contributed by atoms with Crippen LogP contribution in [-0.4, -0.2) is 67.2 Å². The summed E-state index contributed by atoms with van der Waals surface area (Å²) in [6, 6.07) is 5.21. The van der Waals surface area contributed by atoms with Crippen molar-refractivity contribution >= 4 is 27.0 Å². The second kappa shape index (κ2) is 6.80. The Hall–Kier alpha value is -2.10. The van der Waals surface area contributed by atoms with Crippen LogP contribution in [0.2, 0.25) is 0 Å². The van der Waals surface area contributed by atoms with Crippen LogP contribution in [0.5, 0.6) is 0 Å². The van der Waals surface area contributed by atoms with Crippen molar-refractivity contribution < 1.29 is 17.9 Å². The standard InChI is InChI=1S/C15H18N4O4S/c1-24(21,22)19-7-8-23-11(10-19)9-18-15(20)12-3-2-4-13-14(12)17-6-5-16-13/h2-6,11H,7-10H2,1H3,(H,18,20)/t11-/m1/s1. The van der Waals surface area contributed by atoms with Crippen molar-refractivity contribution in [1.82, 2.24) is 19.6 Å². The summed E-state index contributed by atoms with van der Waals surface area (Å²) in [6.45, 7) is 1.10. The molecule has 0 bridgehead atoms. The molecular formula is C15H18N4O4S. The first-order valence-electron chi connectivity index (χ1n) is 7.50. The Labute approximate surface area is 139 Å². The molecule has 128 valence electrons. The zero-order chi connectivity index (χ0) is 17.2. The summed E-state index contributed by atoms with van der Waals surface area (Å²) in [4.78, 5) is 20.8. The fourth-order valence-corrected chi connectivity index (χ4v) is 3.44. The van der Waals surface area contributed by atoms with E-state index in [0.717, 1.165) is 0 Å². The zero-order valence-electron chi connectivity index (χ0n) is 13.2. The third kappa shape index (κ3) is 3.69. The Kier molecular flexibility index (Phi) is 4.74. The predicted molar refractivity (Wildman–Crippen MR) is 88.0 cm³/mol. The largest absolute Gasteiger partial charge is 0.374 e. The maximum atomic E-state index is 12.4. The number of amides is 1. The minimum Gasteiger partial charge on any atom is -0.374 e. The number of hydrogen-bond acceptors (Lipinski definition) is 6. The van der Waals surface area contributed by atoms with Crippen molar-refractivity contribution in [3.05, 3.63) is 36.2 Å². The van der Waals surface area contributed by atoms with Crippen molar-refractivity contribution in [1.29, 1.82) is 0 Å². The molecule has 24 heavy (non-hydrogen) atoms. The molecule has 9 heteroatoms. The van der Waals surface area contributed by atoms with Crippen LogP contribution < -0.4 is 5.32 Å². The molecule has 1 aromatic carbocycles. The minimum absolute atomic E-state index is 0.224. The van der Waals surface area contributed by atoms with E-state index in [4.69, 9.17) is 4.74 Å². The summed E-state index contributed by atoms with van der Waals surface area (Å²) in [5.41, 5.74) is 1.60. The summed E-state index contributed by atoms with van der Waals surface area (Å²) < 4.78 is 30.1. The van der Waals surface area contributed by atoms with E-state index in [9.17, 15) is 13.2 Å². The molecular weight excluding hydrogens is 332 g/mol. The van der Waals surface area contributed by atoms with Gasteiger partial charge in [0.2, 0.25) is 10.0 Å². The van der Waals surface area contributed by atoms with Gasteiger partial charge in [-0.05, 0) is 12.1 Å². The van der Waals surface area contributed by atoms with E-state index in [1.165, 1.54) is 16.8 Å². The molecule has 1 aliphatic heterocycles. The summed E-state index contributed by atoms with van der Waals surface area (Å²) >= 11 is 0. The van der Waals surface area contributed by atoms with E-state index >= 15 is 0 Å². The highest BCUT2D eigenvalue weighted by Crippen LogP contribution is 2.14. The molecule has 0 aliphatic carbocycles. The smallest absolute Gasteiger partial charge is 0.253 e. The van der Waals surface area contributed by atoms with Gasteiger partial charge in [-0.1, -0.05) is 6.07 Å². The fraction of sp³-hybridized carbons (Fsp3) is 0.400. The molecule has 2 aromatic rings. The van der Waals surface area contributed by atoms with Crippen LogP contribution in [0, 0.1) is 0 Å². The number of sulfonamides is 1. The number of nitrogens with one attached hydrogen (secondary N) is 1. The van der Waals surface area contributed by atoms with Crippen molar-refractivity contribution in [2.75, 3.05) is 32.5 Å². The first kappa shape index (κ1) is 16.7. The quantitative estimate of drug-likeness (QED) is 0.834. The van der Waals surface area contributed by atoms with Gasteiger partial charge in [0, 0.05) is 32.0 Å². The third-order valence-corrected chi connectivity index (χ3v) is 5.07. The number of ether oxygens (including phenoxy) is 1. The lowest BCUT2D eigenvalue weighted by molar-refractivity contribution is 0.000446. The van der Waals surface area contributed by atoms with Crippen LogP contribution in [0.4, 0.5) is 0 Å². The summed E-state index contributed by atoms with van der Waals surface area (Å²) in [6.07, 6.45) is 3.90. The number of rotatable bonds is 4. The second-order valence-corrected chi connectivity index (χ2v) is 7.54. The first-order chi connectivity index (χ1) is 11.4. The number of carbonyl (C=O) groups excluding carboxylic acids is 1. The van der Waals surface area contributed by atoms with E-state index in [-0.39, 0.29) is 25.1 Å². The van der Waals surface area contributed by atoms with Gasteiger partial charge in [0.1, 0.15) is 5.52 Å². The van der Waals surface area contributed by atoms with Gasteiger partial charge in [-0.25, -0.2) is 8.42 Å². The highest BCUT2D eigenvalue weighted by molar-refractivity contribution is 7.88. The van der Waals surface area contributed by atoms with E-state index in [0.29, 0.717) is 29.7 Å². The summed E-state index contributed by atoms with van der Waals surface area (Å²) in [5.74, 6) is -0.291. The molecule has 0 unspecified atom stereocenters. The van der Waals surface area contributed by atoms with E-state index < -0.39 is 10.0 Å². The maximum absolute atomic E-state index is 12.4. The Morgan fingerprint density at radius 3 is 2.96 bits per heavy atom. The van der Waals surface area contributed by atoms with E-state index in [2.05, 4.69) is 15.3 Å². The number of carbonyl (C=O) groups is 1. The monoisotopic (exact) mass is 350 g/mol. The molecule has 3 rings (SSSR count). The first-order valence-corrected chi connectivity index (χ1v) is 9.34. The fourth-order valence-electron chi connectivity index (χ4n) is 2.59. The van der Waals surface area contributed by atoms with Crippen LogP contribution >= 0.6 is 0 Å². The van der Waals surface area contributed by atoms with Crippen LogP contribution in [0.15, 0.2) is 30.6 Å². The molecule has 1 aliphatic rings. The molecule has 1 aromatic heterocycles. The van der Waals surface area contributed by atoms with E-state index in [1.54, 1.807) is 24.4 Å². The number of morpholine rings is 1. The van der Waals surface area contributed by atoms with Gasteiger partial charge in [0.25, 0.3) is 5.91 Å². The topological polar surface area (TPSA) is 101 Å². The SMILES string of the molecule is CS(=O)(=O)N1CCO[C@H](CNC(=O)c2cccc3nccnc23)C1.